The first-order valence-electron chi connectivity index (χ1n) is 6.99. The number of rotatable bonds is 1. The Kier molecular flexibility index (Phi) is 2.61. The molecule has 1 saturated carbocycles. The summed E-state index contributed by atoms with van der Waals surface area (Å²) >= 11 is 6.13. The molecule has 2 heterocycles. The van der Waals surface area contributed by atoms with Crippen LogP contribution in [0.5, 0.6) is 0 Å². The van der Waals surface area contributed by atoms with Gasteiger partial charge in [-0.25, -0.2) is 0 Å². The van der Waals surface area contributed by atoms with Gasteiger partial charge in [0.15, 0.2) is 0 Å². The van der Waals surface area contributed by atoms with Gasteiger partial charge in [-0.05, 0) is 42.9 Å². The fourth-order valence-electron chi connectivity index (χ4n) is 3.36. The highest BCUT2D eigenvalue weighted by Gasteiger charge is 2.42. The molecule has 3 nitrogen and oxygen atoms in total. The van der Waals surface area contributed by atoms with Crippen molar-refractivity contribution in [3.05, 3.63) is 35.0 Å². The third kappa shape index (κ3) is 1.83. The lowest BCUT2D eigenvalue weighted by Crippen LogP contribution is -2.32. The number of anilines is 1. The van der Waals surface area contributed by atoms with Crippen molar-refractivity contribution in [2.75, 3.05) is 18.0 Å². The van der Waals surface area contributed by atoms with Crippen LogP contribution in [-0.4, -0.2) is 18.1 Å². The van der Waals surface area contributed by atoms with E-state index < -0.39 is 0 Å². The van der Waals surface area contributed by atoms with Crippen LogP contribution in [0.2, 0.25) is 5.02 Å². The molecular formula is C16H14ClN3. The standard InChI is InChI=1S/C16H14ClN3/c17-13-1-2-15-14(6-13)16(12(7-18)8-19-15)20-4-3-10-5-11(10)9-20/h1-2,6,8,10-11H,3-5,9H2. The third-order valence-corrected chi connectivity index (χ3v) is 4.77. The van der Waals surface area contributed by atoms with Gasteiger partial charge >= 0.3 is 0 Å². The summed E-state index contributed by atoms with van der Waals surface area (Å²) in [6.07, 6.45) is 4.27. The van der Waals surface area contributed by atoms with Gasteiger partial charge in [-0.15, -0.1) is 0 Å². The smallest absolute Gasteiger partial charge is 0.103 e. The summed E-state index contributed by atoms with van der Waals surface area (Å²) in [6, 6.07) is 7.99. The molecule has 4 heteroatoms. The zero-order valence-electron chi connectivity index (χ0n) is 11.0. The van der Waals surface area contributed by atoms with Gasteiger partial charge in [0, 0.05) is 29.7 Å². The van der Waals surface area contributed by atoms with Crippen LogP contribution in [0.3, 0.4) is 0 Å². The van der Waals surface area contributed by atoms with Crippen LogP contribution in [0.4, 0.5) is 5.69 Å². The zero-order chi connectivity index (χ0) is 13.7. The molecule has 1 aliphatic heterocycles. The second-order valence-corrected chi connectivity index (χ2v) is 6.22. The highest BCUT2D eigenvalue weighted by molar-refractivity contribution is 6.31. The molecule has 20 heavy (non-hydrogen) atoms. The van der Waals surface area contributed by atoms with Crippen molar-refractivity contribution in [2.24, 2.45) is 11.8 Å². The van der Waals surface area contributed by atoms with Gasteiger partial charge in [-0.3, -0.25) is 4.98 Å². The SMILES string of the molecule is N#Cc1cnc2ccc(Cl)cc2c1N1CCC2CC2C1. The van der Waals surface area contributed by atoms with E-state index in [0.29, 0.717) is 10.6 Å². The lowest BCUT2D eigenvalue weighted by atomic mass is 10.0. The normalized spacial score (nSPS) is 24.3. The molecule has 0 amide bonds. The van der Waals surface area contributed by atoms with Gasteiger partial charge in [-0.2, -0.15) is 5.26 Å². The van der Waals surface area contributed by atoms with Crippen LogP contribution in [0, 0.1) is 23.2 Å². The molecule has 100 valence electrons. The molecule has 1 saturated heterocycles. The van der Waals surface area contributed by atoms with Crippen LogP contribution < -0.4 is 4.90 Å². The molecule has 0 N–H and O–H groups in total. The number of benzene rings is 1. The Bertz CT molecular complexity index is 734. The Morgan fingerprint density at radius 1 is 1.35 bits per heavy atom. The van der Waals surface area contributed by atoms with Crippen LogP contribution in [0.1, 0.15) is 18.4 Å². The summed E-state index contributed by atoms with van der Waals surface area (Å²) in [4.78, 5) is 6.72. The first-order valence-corrected chi connectivity index (χ1v) is 7.37. The number of nitrogens with zero attached hydrogens (tertiary/aromatic N) is 3. The van der Waals surface area contributed by atoms with Gasteiger partial charge in [0.25, 0.3) is 0 Å². The summed E-state index contributed by atoms with van der Waals surface area (Å²) in [6.45, 7) is 2.09. The van der Waals surface area contributed by atoms with Crippen molar-refractivity contribution in [1.82, 2.24) is 4.98 Å². The van der Waals surface area contributed by atoms with E-state index >= 15 is 0 Å². The average Bonchev–Trinajstić information content (AvgIpc) is 3.24. The molecule has 2 aliphatic rings. The van der Waals surface area contributed by atoms with Gasteiger partial charge in [0.1, 0.15) is 6.07 Å². The molecular weight excluding hydrogens is 270 g/mol. The van der Waals surface area contributed by atoms with E-state index in [9.17, 15) is 5.26 Å². The van der Waals surface area contributed by atoms with Gasteiger partial charge in [0.05, 0.1) is 16.8 Å². The zero-order valence-corrected chi connectivity index (χ0v) is 11.8. The fourth-order valence-corrected chi connectivity index (χ4v) is 3.53. The third-order valence-electron chi connectivity index (χ3n) is 4.53. The Labute approximate surface area is 122 Å². The number of piperidine rings is 1. The molecule has 0 spiro atoms. The van der Waals surface area contributed by atoms with Gasteiger partial charge < -0.3 is 4.90 Å². The Morgan fingerprint density at radius 3 is 3.05 bits per heavy atom. The second kappa shape index (κ2) is 4.36. The van der Waals surface area contributed by atoms with E-state index in [1.807, 2.05) is 18.2 Å². The fraction of sp³-hybridized carbons (Fsp3) is 0.375. The Morgan fingerprint density at radius 2 is 2.25 bits per heavy atom. The predicted molar refractivity (Wildman–Crippen MR) is 79.9 cm³/mol. The lowest BCUT2D eigenvalue weighted by Gasteiger charge is -2.30. The maximum atomic E-state index is 9.40. The lowest BCUT2D eigenvalue weighted by molar-refractivity contribution is 0.551. The number of fused-ring (bicyclic) bond motifs is 2. The summed E-state index contributed by atoms with van der Waals surface area (Å²) in [5.41, 5.74) is 2.57. The van der Waals surface area contributed by atoms with Crippen LogP contribution >= 0.6 is 11.6 Å². The molecule has 1 aliphatic carbocycles. The Balaban J connectivity index is 1.90. The van der Waals surface area contributed by atoms with E-state index in [2.05, 4.69) is 16.0 Å². The highest BCUT2D eigenvalue weighted by atomic mass is 35.5. The first kappa shape index (κ1) is 12.0. The Hall–Kier alpha value is -1.79. The number of hydrogen-bond acceptors (Lipinski definition) is 3. The van der Waals surface area contributed by atoms with E-state index in [0.717, 1.165) is 41.5 Å². The molecule has 4 rings (SSSR count). The number of pyridine rings is 1. The topological polar surface area (TPSA) is 39.9 Å². The van der Waals surface area contributed by atoms with E-state index in [1.54, 1.807) is 6.20 Å². The van der Waals surface area contributed by atoms with Crippen molar-refractivity contribution in [2.45, 2.75) is 12.8 Å². The van der Waals surface area contributed by atoms with Crippen molar-refractivity contribution in [3.63, 3.8) is 0 Å². The molecule has 0 radical (unpaired) electrons. The summed E-state index contributed by atoms with van der Waals surface area (Å²) < 4.78 is 0. The van der Waals surface area contributed by atoms with Crippen molar-refractivity contribution < 1.29 is 0 Å². The van der Waals surface area contributed by atoms with Crippen LogP contribution in [0.25, 0.3) is 10.9 Å². The van der Waals surface area contributed by atoms with E-state index in [1.165, 1.54) is 12.8 Å². The predicted octanol–water partition coefficient (Wildman–Crippen LogP) is 3.61. The van der Waals surface area contributed by atoms with Crippen molar-refractivity contribution >= 4 is 28.2 Å². The summed E-state index contributed by atoms with van der Waals surface area (Å²) in [5, 5.41) is 11.1. The average molecular weight is 284 g/mol. The quantitative estimate of drug-likeness (QED) is 0.803. The molecule has 1 aromatic carbocycles. The number of halogens is 1. The second-order valence-electron chi connectivity index (χ2n) is 5.78. The molecule has 2 aromatic rings. The monoisotopic (exact) mass is 283 g/mol. The van der Waals surface area contributed by atoms with E-state index in [4.69, 9.17) is 11.6 Å². The molecule has 0 bridgehead atoms. The molecule has 2 unspecified atom stereocenters. The maximum Gasteiger partial charge on any atom is 0.103 e. The molecule has 1 aromatic heterocycles. The number of nitriles is 1. The van der Waals surface area contributed by atoms with Crippen LogP contribution in [0.15, 0.2) is 24.4 Å². The molecule has 2 fully saturated rings. The number of hydrogen-bond donors (Lipinski definition) is 0. The molecule has 2 atom stereocenters. The largest absolute Gasteiger partial charge is 0.370 e. The number of aromatic nitrogens is 1. The maximum absolute atomic E-state index is 9.40. The van der Waals surface area contributed by atoms with Crippen molar-refractivity contribution in [3.8, 4) is 6.07 Å². The summed E-state index contributed by atoms with van der Waals surface area (Å²) in [7, 11) is 0. The highest BCUT2D eigenvalue weighted by Crippen LogP contribution is 2.47. The minimum atomic E-state index is 0.652. The van der Waals surface area contributed by atoms with Gasteiger partial charge in [0.2, 0.25) is 0 Å². The first-order chi connectivity index (χ1) is 9.76. The minimum absolute atomic E-state index is 0.652. The minimum Gasteiger partial charge on any atom is -0.370 e. The summed E-state index contributed by atoms with van der Waals surface area (Å²) in [5.74, 6) is 1.74. The van der Waals surface area contributed by atoms with Crippen molar-refractivity contribution in [1.29, 1.82) is 5.26 Å². The van der Waals surface area contributed by atoms with Gasteiger partial charge in [-0.1, -0.05) is 11.6 Å². The van der Waals surface area contributed by atoms with E-state index in [-0.39, 0.29) is 0 Å². The van der Waals surface area contributed by atoms with Crippen LogP contribution in [-0.2, 0) is 0 Å².